The van der Waals surface area contributed by atoms with E-state index in [1.54, 1.807) is 0 Å². The molecule has 4 nitrogen and oxygen atoms in total. The van der Waals surface area contributed by atoms with E-state index in [-0.39, 0.29) is 11.8 Å². The molecule has 0 radical (unpaired) electrons. The fraction of sp³-hybridized carbons (Fsp3) is 0.800. The van der Waals surface area contributed by atoms with Crippen LogP contribution in [0.25, 0.3) is 0 Å². The highest BCUT2D eigenvalue weighted by molar-refractivity contribution is 6.00. The Morgan fingerprint density at radius 2 is 1.71 bits per heavy atom. The Morgan fingerprint density at radius 3 is 2.14 bits per heavy atom. The van der Waals surface area contributed by atoms with Crippen molar-refractivity contribution in [1.29, 1.82) is 0 Å². The Kier molecular flexibility index (Phi) is 3.49. The maximum atomic E-state index is 8.87. The van der Waals surface area contributed by atoms with Crippen LogP contribution >= 0.6 is 0 Å². The molecule has 1 rings (SSSR count). The Hall–Kier alpha value is -1.06. The summed E-state index contributed by atoms with van der Waals surface area (Å²) in [5.74, 6) is 0.799. The highest BCUT2D eigenvalue weighted by atomic mass is 16.4. The second-order valence-electron chi connectivity index (χ2n) is 4.34. The van der Waals surface area contributed by atoms with Gasteiger partial charge in [0.1, 0.15) is 0 Å². The summed E-state index contributed by atoms with van der Waals surface area (Å²) in [4.78, 5) is 0. The molecule has 0 aliphatic heterocycles. The Labute approximate surface area is 84.3 Å². The van der Waals surface area contributed by atoms with Crippen LogP contribution in [0.4, 0.5) is 0 Å². The van der Waals surface area contributed by atoms with Crippen molar-refractivity contribution in [2.45, 2.75) is 33.6 Å². The summed E-state index contributed by atoms with van der Waals surface area (Å²) in [6, 6.07) is 0. The third kappa shape index (κ3) is 2.05. The van der Waals surface area contributed by atoms with Gasteiger partial charge in [-0.2, -0.15) is 0 Å². The second-order valence-corrected chi connectivity index (χ2v) is 4.34. The lowest BCUT2D eigenvalue weighted by atomic mass is 9.75. The smallest absolute Gasteiger partial charge is 0.0614 e. The number of nitrogens with zero attached hydrogens (tertiary/aromatic N) is 2. The fourth-order valence-electron chi connectivity index (χ4n) is 2.00. The van der Waals surface area contributed by atoms with Gasteiger partial charge in [0.15, 0.2) is 0 Å². The average molecular weight is 198 g/mol. The molecule has 4 heteroatoms. The highest BCUT2D eigenvalue weighted by Crippen LogP contribution is 2.29. The van der Waals surface area contributed by atoms with Crippen LogP contribution in [0.15, 0.2) is 10.3 Å². The molecule has 1 aliphatic rings. The molecule has 2 N–H and O–H groups in total. The molecule has 1 saturated carbocycles. The molecule has 0 aromatic rings. The van der Waals surface area contributed by atoms with E-state index in [1.165, 1.54) is 0 Å². The lowest BCUT2D eigenvalue weighted by Crippen LogP contribution is -2.34. The summed E-state index contributed by atoms with van der Waals surface area (Å²) in [6.45, 7) is 6.15. The number of oxime groups is 2. The van der Waals surface area contributed by atoms with Crippen molar-refractivity contribution >= 4 is 11.4 Å². The van der Waals surface area contributed by atoms with Gasteiger partial charge in [-0.3, -0.25) is 0 Å². The summed E-state index contributed by atoms with van der Waals surface area (Å²) in [5, 5.41) is 24.3. The van der Waals surface area contributed by atoms with Crippen molar-refractivity contribution in [1.82, 2.24) is 0 Å². The molecular formula is C10H18N2O2. The van der Waals surface area contributed by atoms with E-state index in [4.69, 9.17) is 10.4 Å². The van der Waals surface area contributed by atoms with E-state index in [0.29, 0.717) is 18.8 Å². The van der Waals surface area contributed by atoms with Gasteiger partial charge in [-0.05, 0) is 18.8 Å². The zero-order valence-electron chi connectivity index (χ0n) is 8.94. The maximum absolute atomic E-state index is 8.87. The molecule has 1 aliphatic carbocycles. The molecule has 0 spiro atoms. The summed E-state index contributed by atoms with van der Waals surface area (Å²) >= 11 is 0. The van der Waals surface area contributed by atoms with Crippen molar-refractivity contribution in [2.24, 2.45) is 28.1 Å². The second kappa shape index (κ2) is 4.44. The van der Waals surface area contributed by atoms with E-state index < -0.39 is 0 Å². The lowest BCUT2D eigenvalue weighted by Gasteiger charge is -2.30. The van der Waals surface area contributed by atoms with Crippen LogP contribution in [0.1, 0.15) is 33.6 Å². The number of hydrogen-bond donors (Lipinski definition) is 2. The van der Waals surface area contributed by atoms with Gasteiger partial charge in [-0.25, -0.2) is 0 Å². The minimum Gasteiger partial charge on any atom is -0.411 e. The molecule has 80 valence electrons. The molecule has 0 aromatic carbocycles. The van der Waals surface area contributed by atoms with Gasteiger partial charge in [0.2, 0.25) is 0 Å². The Balaban J connectivity index is 2.85. The first kappa shape index (κ1) is 11.0. The van der Waals surface area contributed by atoms with E-state index in [2.05, 4.69) is 24.2 Å². The van der Waals surface area contributed by atoms with Crippen LogP contribution < -0.4 is 0 Å². The molecule has 14 heavy (non-hydrogen) atoms. The van der Waals surface area contributed by atoms with Crippen molar-refractivity contribution in [3.8, 4) is 0 Å². The van der Waals surface area contributed by atoms with E-state index in [9.17, 15) is 0 Å². The van der Waals surface area contributed by atoms with Gasteiger partial charge >= 0.3 is 0 Å². The first-order valence-electron chi connectivity index (χ1n) is 5.01. The average Bonchev–Trinajstić information content (AvgIpc) is 2.16. The van der Waals surface area contributed by atoms with E-state index in [0.717, 1.165) is 11.4 Å². The van der Waals surface area contributed by atoms with Crippen molar-refractivity contribution < 1.29 is 10.4 Å². The zero-order chi connectivity index (χ0) is 10.7. The maximum Gasteiger partial charge on any atom is 0.0614 e. The van der Waals surface area contributed by atoms with Gasteiger partial charge in [0.25, 0.3) is 0 Å². The van der Waals surface area contributed by atoms with Crippen molar-refractivity contribution in [3.63, 3.8) is 0 Å². The molecule has 0 heterocycles. The van der Waals surface area contributed by atoms with E-state index in [1.807, 2.05) is 6.92 Å². The monoisotopic (exact) mass is 198 g/mol. The van der Waals surface area contributed by atoms with Crippen LogP contribution in [0.2, 0.25) is 0 Å². The van der Waals surface area contributed by atoms with Crippen LogP contribution in [0.5, 0.6) is 0 Å². The predicted octanol–water partition coefficient (Wildman–Crippen LogP) is 2.35. The van der Waals surface area contributed by atoms with Gasteiger partial charge < -0.3 is 10.4 Å². The van der Waals surface area contributed by atoms with Crippen LogP contribution in [-0.2, 0) is 0 Å². The lowest BCUT2D eigenvalue weighted by molar-refractivity contribution is 0.298. The number of hydrogen-bond acceptors (Lipinski definition) is 4. The fourth-order valence-corrected chi connectivity index (χ4v) is 2.00. The topological polar surface area (TPSA) is 65.2 Å². The molecule has 1 fully saturated rings. The van der Waals surface area contributed by atoms with Gasteiger partial charge in [-0.15, -0.1) is 0 Å². The van der Waals surface area contributed by atoms with Crippen LogP contribution in [-0.4, -0.2) is 21.8 Å². The summed E-state index contributed by atoms with van der Waals surface area (Å²) in [5.41, 5.74) is 1.65. The van der Waals surface area contributed by atoms with E-state index >= 15 is 0 Å². The largest absolute Gasteiger partial charge is 0.411 e. The zero-order valence-corrected chi connectivity index (χ0v) is 8.94. The summed E-state index contributed by atoms with van der Waals surface area (Å²) < 4.78 is 0. The predicted molar refractivity (Wildman–Crippen MR) is 55.2 cm³/mol. The minimum atomic E-state index is 0.181. The van der Waals surface area contributed by atoms with Gasteiger partial charge in [0.05, 0.1) is 11.4 Å². The molecular weight excluding hydrogens is 180 g/mol. The molecule has 2 atom stereocenters. The standard InChI is InChI=1S/C10H18N2O2/c1-6(2)8-5-9(11-13)7(3)4-10(8)12-14/h6-8,13-14H,4-5H2,1-3H3/b11-9+,12-10-/t7-,8-/m0/s1. The first-order valence-corrected chi connectivity index (χ1v) is 5.01. The summed E-state index contributed by atoms with van der Waals surface area (Å²) in [7, 11) is 0. The first-order chi connectivity index (χ1) is 6.60. The van der Waals surface area contributed by atoms with Gasteiger partial charge in [0, 0.05) is 11.8 Å². The quantitative estimate of drug-likeness (QED) is 0.501. The van der Waals surface area contributed by atoms with Crippen LogP contribution in [0, 0.1) is 17.8 Å². The molecule has 0 bridgehead atoms. The molecule has 0 saturated heterocycles. The van der Waals surface area contributed by atoms with Crippen LogP contribution in [0.3, 0.4) is 0 Å². The third-order valence-electron chi connectivity index (χ3n) is 3.00. The summed E-state index contributed by atoms with van der Waals surface area (Å²) in [6.07, 6.45) is 1.40. The Bertz CT molecular complexity index is 259. The Morgan fingerprint density at radius 1 is 1.14 bits per heavy atom. The molecule has 0 amide bonds. The highest BCUT2D eigenvalue weighted by Gasteiger charge is 2.31. The normalized spacial score (nSPS) is 34.3. The minimum absolute atomic E-state index is 0.181. The SMILES string of the molecule is CC(C)[C@@H]1C/C(=N\O)[C@@H](C)C/C1=N/O. The number of rotatable bonds is 1. The van der Waals surface area contributed by atoms with Gasteiger partial charge in [-0.1, -0.05) is 31.1 Å². The van der Waals surface area contributed by atoms with Crippen molar-refractivity contribution in [2.75, 3.05) is 0 Å². The third-order valence-corrected chi connectivity index (χ3v) is 3.00. The molecule has 0 aromatic heterocycles. The molecule has 0 unspecified atom stereocenters. The van der Waals surface area contributed by atoms with Crippen molar-refractivity contribution in [3.05, 3.63) is 0 Å².